The number of aromatic nitrogens is 6. The Bertz CT molecular complexity index is 3360. The van der Waals surface area contributed by atoms with Crippen LogP contribution in [0.4, 0.5) is 5.82 Å². The molecule has 32 heteroatoms. The van der Waals surface area contributed by atoms with Crippen LogP contribution in [-0.2, 0) is 55.8 Å². The van der Waals surface area contributed by atoms with E-state index in [1.54, 1.807) is 30.3 Å². The fourth-order valence-corrected chi connectivity index (χ4v) is 14.9. The zero-order valence-electron chi connectivity index (χ0n) is 42.6. The number of benzene rings is 1. The van der Waals surface area contributed by atoms with Crippen molar-refractivity contribution in [1.82, 2.24) is 28.7 Å². The van der Waals surface area contributed by atoms with E-state index < -0.39 is 129 Å². The highest BCUT2D eigenvalue weighted by Gasteiger charge is 2.48. The van der Waals surface area contributed by atoms with Gasteiger partial charge in [0.1, 0.15) is 66.9 Å². The number of ketones is 1. The number of ether oxygens (including phenoxy) is 4. The number of nitrogens with zero attached hydrogens (tertiary/aromatic N) is 6. The molecule has 0 bridgehead atoms. The van der Waals surface area contributed by atoms with Crippen LogP contribution in [0.25, 0.3) is 9.69 Å². The van der Waals surface area contributed by atoms with Gasteiger partial charge >= 0.3 is 36.6 Å². The number of anilines is 1. The Kier molecular flexibility index (Phi) is 21.0. The van der Waals surface area contributed by atoms with Gasteiger partial charge in [0, 0.05) is 61.0 Å². The van der Waals surface area contributed by atoms with Crippen molar-refractivity contribution in [2.45, 2.75) is 108 Å². The number of hydrogen-bond donors (Lipinski definition) is 4. The summed E-state index contributed by atoms with van der Waals surface area (Å²) in [5, 5.41) is 13.0. The molecule has 6 heterocycles. The summed E-state index contributed by atoms with van der Waals surface area (Å²) in [5.74, 6) is -1.84. The van der Waals surface area contributed by atoms with Crippen molar-refractivity contribution in [3.63, 3.8) is 0 Å². The number of H-pyrrole nitrogens is 2. The average molecular weight is 1180 g/mol. The lowest BCUT2D eigenvalue weighted by Crippen LogP contribution is -2.33. The fourth-order valence-electron chi connectivity index (χ4n) is 8.26. The Balaban J connectivity index is 1.12. The first kappa shape index (κ1) is 60.5. The summed E-state index contributed by atoms with van der Waals surface area (Å²) in [6.45, 7) is 7.57. The molecular formula is C47H55N9O19P2S2. The van der Waals surface area contributed by atoms with Crippen LogP contribution in [0.5, 0.6) is 0 Å². The molecule has 4 N–H and O–H groups in total. The van der Waals surface area contributed by atoms with Crippen LogP contribution in [0.1, 0.15) is 79.2 Å². The molecule has 0 radical (unpaired) electrons. The summed E-state index contributed by atoms with van der Waals surface area (Å²) in [5.41, 5.74) is -3.31. The van der Waals surface area contributed by atoms with Crippen LogP contribution in [-0.4, -0.2) is 132 Å². The third-order valence-electron chi connectivity index (χ3n) is 12.2. The molecule has 4 aromatic rings. The van der Waals surface area contributed by atoms with Gasteiger partial charge in [-0.2, -0.15) is 4.98 Å². The molecule has 3 aromatic heterocycles. The van der Waals surface area contributed by atoms with E-state index in [0.717, 1.165) is 13.7 Å². The van der Waals surface area contributed by atoms with Crippen molar-refractivity contribution in [3.05, 3.63) is 147 Å². The maximum absolute atomic E-state index is 15.0. The molecule has 7 rings (SSSR count). The van der Waals surface area contributed by atoms with Gasteiger partial charge < -0.3 is 43.9 Å². The van der Waals surface area contributed by atoms with Crippen molar-refractivity contribution in [3.8, 4) is 0 Å². The summed E-state index contributed by atoms with van der Waals surface area (Å²) < 4.78 is 81.6. The molecule has 11 atom stereocenters. The second kappa shape index (κ2) is 27.4. The van der Waals surface area contributed by atoms with Crippen LogP contribution in [0.2, 0.25) is 0 Å². The molecule has 3 fully saturated rings. The van der Waals surface area contributed by atoms with Crippen LogP contribution in [0.15, 0.2) is 79.0 Å². The highest BCUT2D eigenvalue weighted by molar-refractivity contribution is 8.55. The van der Waals surface area contributed by atoms with Gasteiger partial charge in [-0.25, -0.2) is 36.7 Å². The van der Waals surface area contributed by atoms with Crippen molar-refractivity contribution >= 4 is 59.8 Å². The molecule has 28 nitrogen and oxygen atoms in total. The number of rotatable bonds is 26. The standard InChI is InChI=1S/C47H55N9O19P2S2/c1-27-22-55(46(64)52-42(27)60)39-19-31(73-41(59)12-11-29(3)58)35(71-39)25-68-77(67,79-18-15-49-5)75-33-21-40(56-23-28(2)43(61)53-47(56)65)72-36(33)26-69-76(66,78-17-14-48-4)74-32-20-38(70-34(32)24-57)54-16-13-37(51-45(54)63)50-44(62)30-9-7-6-8-10-30/h6-10,13,16,22-23,31-36,38-40,57H,11-12,14-15,17-21,24-26H2,1-3H3,(H,52,60,64)(H,53,61,65)(H,50,51,62,63)/t31-,32-,33-,34-,35-,36-,38-,39-,40-,76?,77?/m1/s1. The molecule has 424 valence electrons. The Morgan fingerprint density at radius 3 is 1.75 bits per heavy atom. The molecule has 1 amide bonds. The molecule has 1 aromatic carbocycles. The smallest absolute Gasteiger partial charge is 0.389 e. The number of aryl methyl sites for hydroxylation is 2. The Morgan fingerprint density at radius 2 is 1.24 bits per heavy atom. The molecule has 3 saturated heterocycles. The highest BCUT2D eigenvalue weighted by Crippen LogP contribution is 2.65. The lowest BCUT2D eigenvalue weighted by atomic mass is 10.1. The number of carbonyl (C=O) groups is 3. The minimum Gasteiger partial charge on any atom is -0.459 e. The monoisotopic (exact) mass is 1180 g/mol. The fraction of sp³-hybridized carbons (Fsp3) is 0.511. The quantitative estimate of drug-likeness (QED) is 0.0301. The van der Waals surface area contributed by atoms with Crippen molar-refractivity contribution in [2.24, 2.45) is 0 Å². The number of carbonyl (C=O) groups excluding carboxylic acids is 3. The molecule has 3 aliphatic heterocycles. The first-order valence-corrected chi connectivity index (χ1v) is 30.6. The molecule has 0 aliphatic carbocycles. The van der Waals surface area contributed by atoms with Gasteiger partial charge in [-0.1, -0.05) is 18.2 Å². The number of aromatic amines is 2. The minimum absolute atomic E-state index is 0.0540. The van der Waals surface area contributed by atoms with E-state index in [1.807, 2.05) is 0 Å². The molecular weight excluding hydrogens is 1120 g/mol. The van der Waals surface area contributed by atoms with Gasteiger partial charge in [-0.3, -0.25) is 60.9 Å². The van der Waals surface area contributed by atoms with E-state index in [9.17, 15) is 48.0 Å². The first-order valence-electron chi connectivity index (χ1n) is 24.4. The number of esters is 1. The van der Waals surface area contributed by atoms with Crippen LogP contribution in [0.3, 0.4) is 0 Å². The number of amides is 1. The molecule has 2 unspecified atom stereocenters. The normalized spacial score (nSPS) is 24.2. The predicted octanol–water partition coefficient (Wildman–Crippen LogP) is 3.67. The number of Topliss-reactive ketones (excluding diaryl/α,β-unsaturated/α-hetero) is 1. The highest BCUT2D eigenvalue weighted by atomic mass is 32.7. The number of hydrogen-bond acceptors (Lipinski definition) is 22. The second-order valence-electron chi connectivity index (χ2n) is 18.0. The Hall–Kier alpha value is -6.11. The van der Waals surface area contributed by atoms with Crippen molar-refractivity contribution in [2.75, 3.05) is 49.7 Å². The third-order valence-corrected chi connectivity index (χ3v) is 19.7. The van der Waals surface area contributed by atoms with Gasteiger partial charge in [0.25, 0.3) is 17.0 Å². The van der Waals surface area contributed by atoms with Gasteiger partial charge in [0.2, 0.25) is 13.1 Å². The summed E-state index contributed by atoms with van der Waals surface area (Å²) in [6.07, 6.45) is -8.39. The molecule has 0 spiro atoms. The third kappa shape index (κ3) is 16.1. The zero-order chi connectivity index (χ0) is 57.0. The Morgan fingerprint density at radius 1 is 0.747 bits per heavy atom. The lowest BCUT2D eigenvalue weighted by molar-refractivity contribution is -0.153. The second-order valence-corrected chi connectivity index (χ2v) is 26.3. The van der Waals surface area contributed by atoms with E-state index in [2.05, 4.69) is 30.0 Å². The van der Waals surface area contributed by atoms with Crippen LogP contribution in [0, 0.1) is 27.0 Å². The molecule has 0 saturated carbocycles. The van der Waals surface area contributed by atoms with Crippen LogP contribution < -0.4 is 33.5 Å². The minimum atomic E-state index is -4.55. The largest absolute Gasteiger partial charge is 0.459 e. The average Bonchev–Trinajstić information content (AvgIpc) is 4.19. The number of aliphatic hydroxyl groups is 1. The first-order chi connectivity index (χ1) is 37.7. The number of nitrogens with one attached hydrogen (secondary N) is 3. The molecule has 79 heavy (non-hydrogen) atoms. The van der Waals surface area contributed by atoms with Gasteiger partial charge in [-0.15, -0.1) is 0 Å². The zero-order valence-corrected chi connectivity index (χ0v) is 46.0. The summed E-state index contributed by atoms with van der Waals surface area (Å²) in [7, 11) is 0. The topological polar surface area (TPSA) is 345 Å². The lowest BCUT2D eigenvalue weighted by Gasteiger charge is -2.27. The van der Waals surface area contributed by atoms with Crippen molar-refractivity contribution in [1.29, 1.82) is 0 Å². The SMILES string of the molecule is [C-]#[N+]CCSP(=O)(OC[C@H]1O[C@@H](n2cc(C)c(=O)[nH]c2=O)C[C@H]1OP(=O)(OC[C@H]1O[C@@H](n2cc(C)c(=O)[nH]c2=O)C[C@H]1OC(=O)CCC(C)=O)SCC[N+]#[C-])O[C@@H]1C[C@H](n2ccc(NC(=O)c3ccccc3)nc2=O)O[C@@H]1CO. The van der Waals surface area contributed by atoms with E-state index >= 15 is 4.57 Å². The van der Waals surface area contributed by atoms with E-state index in [-0.39, 0.29) is 79.4 Å². The van der Waals surface area contributed by atoms with E-state index in [1.165, 1.54) is 45.4 Å². The van der Waals surface area contributed by atoms with Crippen LogP contribution >= 0.6 is 36.4 Å². The van der Waals surface area contributed by atoms with Gasteiger partial charge in [0.15, 0.2) is 0 Å². The van der Waals surface area contributed by atoms with E-state index in [0.29, 0.717) is 28.3 Å². The maximum atomic E-state index is 15.0. The maximum Gasteiger partial charge on any atom is 0.389 e. The van der Waals surface area contributed by atoms with Crippen molar-refractivity contribution < 1.29 is 65.7 Å². The summed E-state index contributed by atoms with van der Waals surface area (Å²) >= 11 is 1.24. The summed E-state index contributed by atoms with van der Waals surface area (Å²) in [4.78, 5) is 116. The predicted molar refractivity (Wildman–Crippen MR) is 282 cm³/mol. The molecule has 3 aliphatic rings. The van der Waals surface area contributed by atoms with E-state index in [4.69, 9.17) is 50.2 Å². The number of aliphatic hydroxyl groups excluding tert-OH is 1. The summed E-state index contributed by atoms with van der Waals surface area (Å²) in [6, 6.07) is 9.58. The Labute approximate surface area is 457 Å². The van der Waals surface area contributed by atoms with Gasteiger partial charge in [0.05, 0.1) is 37.7 Å². The van der Waals surface area contributed by atoms with Gasteiger partial charge in [-0.05, 0) is 61.7 Å².